The topological polar surface area (TPSA) is 89.3 Å². The van der Waals surface area contributed by atoms with Crippen LogP contribution in [0.3, 0.4) is 0 Å². The van der Waals surface area contributed by atoms with Crippen molar-refractivity contribution >= 4 is 15.7 Å². The molecule has 0 saturated heterocycles. The smallest absolute Gasteiger partial charge is 0.258 e. The molecule has 2 rings (SSSR count). The van der Waals surface area contributed by atoms with E-state index in [1.165, 1.54) is 6.92 Å². The second kappa shape index (κ2) is 4.86. The van der Waals surface area contributed by atoms with Gasteiger partial charge in [0.2, 0.25) is 15.8 Å². The zero-order valence-electron chi connectivity index (χ0n) is 10.2. The number of nitro benzene ring substituents is 1. The minimum atomic E-state index is -3.83. The average Bonchev–Trinajstić information content (AvgIpc) is 3.13. The van der Waals surface area contributed by atoms with E-state index in [-0.39, 0.29) is 10.5 Å². The third-order valence-electron chi connectivity index (χ3n) is 2.97. The van der Waals surface area contributed by atoms with E-state index >= 15 is 0 Å². The summed E-state index contributed by atoms with van der Waals surface area (Å²) < 4.78 is 39.8. The highest BCUT2D eigenvalue weighted by Gasteiger charge is 2.27. The van der Waals surface area contributed by atoms with Crippen LogP contribution in [0, 0.1) is 28.8 Å². The van der Waals surface area contributed by atoms with Crippen molar-refractivity contribution in [2.45, 2.75) is 24.7 Å². The minimum Gasteiger partial charge on any atom is -0.258 e. The Labute approximate surface area is 109 Å². The van der Waals surface area contributed by atoms with Crippen molar-refractivity contribution in [2.75, 3.05) is 6.54 Å². The molecule has 1 aromatic rings. The van der Waals surface area contributed by atoms with Crippen LogP contribution >= 0.6 is 0 Å². The molecule has 0 unspecified atom stereocenters. The lowest BCUT2D eigenvalue weighted by Gasteiger charge is -2.07. The number of halogens is 1. The fourth-order valence-corrected chi connectivity index (χ4v) is 2.86. The second-order valence-electron chi connectivity index (χ2n) is 4.63. The van der Waals surface area contributed by atoms with Gasteiger partial charge in [-0.2, -0.15) is 4.39 Å². The molecule has 1 N–H and O–H groups in total. The Morgan fingerprint density at radius 1 is 1.47 bits per heavy atom. The molecule has 6 nitrogen and oxygen atoms in total. The zero-order valence-corrected chi connectivity index (χ0v) is 11.0. The number of aryl methyl sites for hydroxylation is 1. The van der Waals surface area contributed by atoms with Gasteiger partial charge in [-0.25, -0.2) is 13.1 Å². The zero-order chi connectivity index (χ0) is 14.2. The van der Waals surface area contributed by atoms with Gasteiger partial charge < -0.3 is 0 Å². The predicted octanol–water partition coefficient (Wildman–Crippen LogP) is 1.73. The monoisotopic (exact) mass is 288 g/mol. The number of hydrogen-bond acceptors (Lipinski definition) is 4. The van der Waals surface area contributed by atoms with E-state index in [2.05, 4.69) is 4.72 Å². The summed E-state index contributed by atoms with van der Waals surface area (Å²) in [6, 6.07) is 1.84. The fourth-order valence-electron chi connectivity index (χ4n) is 1.64. The van der Waals surface area contributed by atoms with E-state index in [1.54, 1.807) is 0 Å². The van der Waals surface area contributed by atoms with Crippen LogP contribution in [-0.2, 0) is 10.0 Å². The van der Waals surface area contributed by atoms with Gasteiger partial charge in [0, 0.05) is 12.6 Å². The van der Waals surface area contributed by atoms with Gasteiger partial charge in [0.15, 0.2) is 0 Å². The standard InChI is InChI=1S/C11H13FN2O4S/c1-7-4-9(5-10(11(7)12)14(15)16)19(17,18)13-6-8-2-3-8/h4-5,8,13H,2-3,6H2,1H3. The van der Waals surface area contributed by atoms with Crippen LogP contribution in [0.15, 0.2) is 17.0 Å². The molecular weight excluding hydrogens is 275 g/mol. The Morgan fingerprint density at radius 2 is 2.11 bits per heavy atom. The highest BCUT2D eigenvalue weighted by Crippen LogP contribution is 2.29. The lowest BCUT2D eigenvalue weighted by molar-refractivity contribution is -0.387. The highest BCUT2D eigenvalue weighted by molar-refractivity contribution is 7.89. The molecule has 0 aromatic heterocycles. The summed E-state index contributed by atoms with van der Waals surface area (Å²) in [5.74, 6) is -0.669. The van der Waals surface area contributed by atoms with Crippen LogP contribution in [0.1, 0.15) is 18.4 Å². The van der Waals surface area contributed by atoms with E-state index in [1.807, 2.05) is 0 Å². The third-order valence-corrected chi connectivity index (χ3v) is 4.38. The van der Waals surface area contributed by atoms with E-state index in [0.717, 1.165) is 25.0 Å². The second-order valence-corrected chi connectivity index (χ2v) is 6.39. The van der Waals surface area contributed by atoms with Crippen LogP contribution in [0.25, 0.3) is 0 Å². The van der Waals surface area contributed by atoms with Crippen LogP contribution in [-0.4, -0.2) is 19.9 Å². The molecule has 1 aliphatic rings. The molecule has 8 heteroatoms. The molecule has 1 aliphatic carbocycles. The van der Waals surface area contributed by atoms with Gasteiger partial charge in [0.05, 0.1) is 9.82 Å². The molecule has 1 aromatic carbocycles. The third kappa shape index (κ3) is 3.07. The van der Waals surface area contributed by atoms with Crippen LogP contribution < -0.4 is 4.72 Å². The number of nitrogens with one attached hydrogen (secondary N) is 1. The Kier molecular flexibility index (Phi) is 3.55. The molecule has 0 bridgehead atoms. The maximum absolute atomic E-state index is 13.5. The van der Waals surface area contributed by atoms with E-state index in [4.69, 9.17) is 0 Å². The fraction of sp³-hybridized carbons (Fsp3) is 0.455. The first-order valence-corrected chi connectivity index (χ1v) is 7.24. The number of hydrogen-bond donors (Lipinski definition) is 1. The van der Waals surface area contributed by atoms with Crippen molar-refractivity contribution in [3.63, 3.8) is 0 Å². The van der Waals surface area contributed by atoms with Crippen molar-refractivity contribution < 1.29 is 17.7 Å². The maximum atomic E-state index is 13.5. The predicted molar refractivity (Wildman–Crippen MR) is 65.7 cm³/mol. The Balaban J connectivity index is 2.35. The summed E-state index contributed by atoms with van der Waals surface area (Å²) in [4.78, 5) is 9.47. The highest BCUT2D eigenvalue weighted by atomic mass is 32.2. The SMILES string of the molecule is Cc1cc(S(=O)(=O)NCC2CC2)cc([N+](=O)[O-])c1F. The molecule has 1 saturated carbocycles. The summed E-state index contributed by atoms with van der Waals surface area (Å²) in [7, 11) is -3.83. The molecule has 0 radical (unpaired) electrons. The lowest BCUT2D eigenvalue weighted by atomic mass is 10.2. The van der Waals surface area contributed by atoms with Gasteiger partial charge in [-0.05, 0) is 37.3 Å². The van der Waals surface area contributed by atoms with Gasteiger partial charge >= 0.3 is 5.69 Å². The summed E-state index contributed by atoms with van der Waals surface area (Å²) in [6.45, 7) is 1.61. The molecular formula is C11H13FN2O4S. The van der Waals surface area contributed by atoms with Crippen molar-refractivity contribution in [2.24, 2.45) is 5.92 Å². The molecule has 19 heavy (non-hydrogen) atoms. The van der Waals surface area contributed by atoms with Gasteiger partial charge in [0.25, 0.3) is 0 Å². The summed E-state index contributed by atoms with van der Waals surface area (Å²) in [5.41, 5.74) is -0.896. The Morgan fingerprint density at radius 3 is 2.63 bits per heavy atom. The summed E-state index contributed by atoms with van der Waals surface area (Å²) in [6.07, 6.45) is 1.95. The van der Waals surface area contributed by atoms with Gasteiger partial charge in [-0.15, -0.1) is 0 Å². The summed E-state index contributed by atoms with van der Waals surface area (Å²) >= 11 is 0. The first-order chi connectivity index (χ1) is 8.81. The first-order valence-electron chi connectivity index (χ1n) is 5.75. The minimum absolute atomic E-state index is 0.0685. The van der Waals surface area contributed by atoms with Gasteiger partial charge in [-0.3, -0.25) is 10.1 Å². The average molecular weight is 288 g/mol. The van der Waals surface area contributed by atoms with Crippen molar-refractivity contribution in [3.05, 3.63) is 33.6 Å². The maximum Gasteiger partial charge on any atom is 0.306 e. The quantitative estimate of drug-likeness (QED) is 0.660. The largest absolute Gasteiger partial charge is 0.306 e. The van der Waals surface area contributed by atoms with E-state index in [9.17, 15) is 22.9 Å². The lowest BCUT2D eigenvalue weighted by Crippen LogP contribution is -2.26. The van der Waals surface area contributed by atoms with Crippen molar-refractivity contribution in [3.8, 4) is 0 Å². The number of nitrogens with zero attached hydrogens (tertiary/aromatic N) is 1. The number of sulfonamides is 1. The van der Waals surface area contributed by atoms with E-state index < -0.39 is 26.5 Å². The molecule has 0 heterocycles. The van der Waals surface area contributed by atoms with Crippen LogP contribution in [0.2, 0.25) is 0 Å². The number of benzene rings is 1. The number of nitro groups is 1. The van der Waals surface area contributed by atoms with Gasteiger partial charge in [-0.1, -0.05) is 0 Å². The molecule has 104 valence electrons. The first kappa shape index (κ1) is 13.9. The number of rotatable bonds is 5. The van der Waals surface area contributed by atoms with E-state index in [0.29, 0.717) is 12.5 Å². The van der Waals surface area contributed by atoms with Crippen LogP contribution in [0.5, 0.6) is 0 Å². The molecule has 0 amide bonds. The Hall–Kier alpha value is -1.54. The molecule has 1 fully saturated rings. The van der Waals surface area contributed by atoms with Crippen LogP contribution in [0.4, 0.5) is 10.1 Å². The molecule has 0 spiro atoms. The normalized spacial score (nSPS) is 15.5. The van der Waals surface area contributed by atoms with Crippen molar-refractivity contribution in [1.82, 2.24) is 4.72 Å². The molecule has 0 aliphatic heterocycles. The Bertz CT molecular complexity index is 626. The van der Waals surface area contributed by atoms with Gasteiger partial charge in [0.1, 0.15) is 0 Å². The molecule has 0 atom stereocenters. The summed E-state index contributed by atoms with van der Waals surface area (Å²) in [5, 5.41) is 10.7. The van der Waals surface area contributed by atoms with Crippen molar-refractivity contribution in [1.29, 1.82) is 0 Å².